The van der Waals surface area contributed by atoms with Crippen molar-refractivity contribution in [1.29, 1.82) is 0 Å². The Balaban J connectivity index is 1.26. The smallest absolute Gasteiger partial charge is 0.411 e. The molecular weight excluding hydrogens is 513 g/mol. The number of aromatic nitrogens is 3. The van der Waals surface area contributed by atoms with E-state index in [4.69, 9.17) is 9.72 Å². The lowest BCUT2D eigenvalue weighted by Gasteiger charge is -2.24. The molecule has 1 atom stereocenters. The minimum Gasteiger partial charge on any atom is -0.480 e. The molecule has 0 amide bonds. The van der Waals surface area contributed by atoms with Crippen LogP contribution in [0.4, 0.5) is 24.9 Å². The van der Waals surface area contributed by atoms with Gasteiger partial charge in [-0.1, -0.05) is 6.07 Å². The van der Waals surface area contributed by atoms with Gasteiger partial charge in [0.1, 0.15) is 18.5 Å². The normalized spacial score (nSPS) is 16.0. The molecule has 0 bridgehead atoms. The minimum absolute atomic E-state index is 0.0888. The van der Waals surface area contributed by atoms with Gasteiger partial charge in [0.25, 0.3) is 0 Å². The zero-order valence-electron chi connectivity index (χ0n) is 22.1. The number of hydrogen-bond acceptors (Lipinski definition) is 8. The monoisotopic (exact) mass is 550 g/mol. The van der Waals surface area contributed by atoms with Crippen molar-refractivity contribution >= 4 is 17.7 Å². The van der Waals surface area contributed by atoms with Crippen molar-refractivity contribution < 1.29 is 27.8 Å². The average molecular weight is 551 g/mol. The van der Waals surface area contributed by atoms with Gasteiger partial charge in [0.2, 0.25) is 5.95 Å². The van der Waals surface area contributed by atoms with E-state index in [-0.39, 0.29) is 25.5 Å². The van der Waals surface area contributed by atoms with E-state index in [2.05, 4.69) is 32.7 Å². The lowest BCUT2D eigenvalue weighted by atomic mass is 10.1. The number of anilines is 2. The van der Waals surface area contributed by atoms with Crippen molar-refractivity contribution in [2.45, 2.75) is 69.5 Å². The molecule has 1 fully saturated rings. The number of ether oxygens (including phenoxy) is 1. The first-order valence-corrected chi connectivity index (χ1v) is 13.7. The van der Waals surface area contributed by atoms with Gasteiger partial charge in [0.15, 0.2) is 0 Å². The summed E-state index contributed by atoms with van der Waals surface area (Å²) >= 11 is 0. The molecule has 2 aliphatic rings. The summed E-state index contributed by atoms with van der Waals surface area (Å²) in [5, 5.41) is 15.9. The fraction of sp³-hybridized carbons (Fsp3) is 0.630. The number of fused-ring (bicyclic) bond motifs is 1. The number of aryl methyl sites for hydroxylation is 2. The number of carboxylic acids is 1. The predicted molar refractivity (Wildman–Crippen MR) is 141 cm³/mol. The number of carboxylic acid groups (broad SMARTS) is 1. The molecule has 3 N–H and O–H groups in total. The highest BCUT2D eigenvalue weighted by molar-refractivity contribution is 5.76. The third kappa shape index (κ3) is 9.92. The van der Waals surface area contributed by atoms with Gasteiger partial charge >= 0.3 is 12.1 Å². The van der Waals surface area contributed by atoms with Gasteiger partial charge in [0, 0.05) is 37.7 Å². The second-order valence-corrected chi connectivity index (χ2v) is 10.2. The number of nitrogens with zero attached hydrogens (tertiary/aromatic N) is 4. The Morgan fingerprint density at radius 2 is 1.97 bits per heavy atom. The molecule has 1 aliphatic carbocycles. The maximum absolute atomic E-state index is 12.5. The number of aliphatic carboxylic acids is 1. The third-order valence-electron chi connectivity index (χ3n) is 6.98. The van der Waals surface area contributed by atoms with E-state index in [9.17, 15) is 23.1 Å². The zero-order valence-corrected chi connectivity index (χ0v) is 22.1. The van der Waals surface area contributed by atoms with Crippen molar-refractivity contribution in [2.24, 2.45) is 0 Å². The van der Waals surface area contributed by atoms with Gasteiger partial charge in [-0.3, -0.25) is 0 Å². The second kappa shape index (κ2) is 13.9. The summed E-state index contributed by atoms with van der Waals surface area (Å²) < 4.78 is 42.3. The number of pyridine rings is 1. The van der Waals surface area contributed by atoms with Gasteiger partial charge < -0.3 is 25.4 Å². The number of alkyl halides is 3. The summed E-state index contributed by atoms with van der Waals surface area (Å²) in [6, 6.07) is 3.25. The van der Waals surface area contributed by atoms with Crippen LogP contribution in [0.1, 0.15) is 61.3 Å². The summed E-state index contributed by atoms with van der Waals surface area (Å²) in [4.78, 5) is 27.1. The zero-order chi connectivity index (χ0) is 27.7. The first-order chi connectivity index (χ1) is 18.8. The number of nitrogens with one attached hydrogen (secondary N) is 2. The molecular formula is C27H37F3N6O3. The van der Waals surface area contributed by atoms with Gasteiger partial charge in [0.05, 0.1) is 6.61 Å². The summed E-state index contributed by atoms with van der Waals surface area (Å²) in [6.45, 7) is 0.799. The van der Waals surface area contributed by atoms with Crippen LogP contribution in [0.15, 0.2) is 24.5 Å². The Morgan fingerprint density at radius 3 is 2.69 bits per heavy atom. The Hall–Kier alpha value is -2.99. The molecule has 214 valence electrons. The molecule has 3 heterocycles. The molecule has 2 aromatic rings. The topological polar surface area (TPSA) is 112 Å². The number of unbranched alkanes of at least 4 members (excludes halogenated alkanes) is 1. The molecule has 39 heavy (non-hydrogen) atoms. The summed E-state index contributed by atoms with van der Waals surface area (Å²) in [6.07, 6.45) is 6.13. The highest BCUT2D eigenvalue weighted by atomic mass is 19.4. The molecule has 12 heteroatoms. The number of halogens is 3. The van der Waals surface area contributed by atoms with Crippen LogP contribution in [0.25, 0.3) is 0 Å². The van der Waals surface area contributed by atoms with Crippen molar-refractivity contribution in [3.63, 3.8) is 0 Å². The Labute approximate surface area is 226 Å². The summed E-state index contributed by atoms with van der Waals surface area (Å²) in [5.41, 5.74) is 3.30. The minimum atomic E-state index is -4.38. The summed E-state index contributed by atoms with van der Waals surface area (Å²) in [5.74, 6) is 0.673. The van der Waals surface area contributed by atoms with Crippen LogP contribution in [0, 0.1) is 0 Å². The Kier molecular flexibility index (Phi) is 10.3. The third-order valence-corrected chi connectivity index (χ3v) is 6.98. The van der Waals surface area contributed by atoms with Crippen LogP contribution in [0.2, 0.25) is 0 Å². The lowest BCUT2D eigenvalue weighted by molar-refractivity contribution is -0.174. The van der Waals surface area contributed by atoms with E-state index in [0.717, 1.165) is 68.6 Å². The van der Waals surface area contributed by atoms with Crippen LogP contribution < -0.4 is 10.6 Å². The predicted octanol–water partition coefficient (Wildman–Crippen LogP) is 4.27. The Bertz CT molecular complexity index is 1070. The fourth-order valence-corrected chi connectivity index (χ4v) is 4.63. The van der Waals surface area contributed by atoms with Gasteiger partial charge in [-0.25, -0.2) is 19.7 Å². The molecule has 2 aromatic heterocycles. The van der Waals surface area contributed by atoms with Crippen LogP contribution >= 0.6 is 0 Å². The molecule has 0 radical (unpaired) electrons. The largest absolute Gasteiger partial charge is 0.480 e. The first kappa shape index (κ1) is 29.0. The second-order valence-electron chi connectivity index (χ2n) is 10.2. The van der Waals surface area contributed by atoms with Crippen LogP contribution in [-0.4, -0.2) is 82.5 Å². The van der Waals surface area contributed by atoms with Crippen LogP contribution in [0.3, 0.4) is 0 Å². The van der Waals surface area contributed by atoms with Crippen molar-refractivity contribution in [2.75, 3.05) is 50.0 Å². The standard InChI is InChI=1S/C27H37F3N6O3/c28-27(29,30)18-39-15-14-36(12-2-1-5-22-9-8-20-4-3-11-31-24(20)34-22)13-10-23(25(37)38)35-26-32-16-21(17-33-26)19-6-7-19/h8-9,16-17,19,23H,1-7,10-15,18H2,(H,31,34)(H,37,38)(H,32,33,35)/t23-/m0/s1. The first-order valence-electron chi connectivity index (χ1n) is 13.7. The lowest BCUT2D eigenvalue weighted by Crippen LogP contribution is -2.37. The van der Waals surface area contributed by atoms with Crippen molar-refractivity contribution in [1.82, 2.24) is 19.9 Å². The quantitative estimate of drug-likeness (QED) is 0.264. The SMILES string of the molecule is O=C(O)[C@H](CCN(CCCCc1ccc2c(n1)NCCC2)CCOCC(F)(F)F)Nc1ncc(C2CC2)cn1. The van der Waals surface area contributed by atoms with Crippen molar-refractivity contribution in [3.8, 4) is 0 Å². The highest BCUT2D eigenvalue weighted by Gasteiger charge is 2.28. The van der Waals surface area contributed by atoms with Crippen molar-refractivity contribution in [3.05, 3.63) is 41.3 Å². The molecule has 0 aromatic carbocycles. The molecule has 0 saturated heterocycles. The summed E-state index contributed by atoms with van der Waals surface area (Å²) in [7, 11) is 0. The molecule has 4 rings (SSSR count). The van der Waals surface area contributed by atoms with Gasteiger partial charge in [-0.05, 0) is 81.0 Å². The maximum Gasteiger partial charge on any atom is 0.411 e. The van der Waals surface area contributed by atoms with E-state index in [0.29, 0.717) is 19.0 Å². The average Bonchev–Trinajstić information content (AvgIpc) is 3.76. The van der Waals surface area contributed by atoms with Crippen LogP contribution in [0.5, 0.6) is 0 Å². The Morgan fingerprint density at radius 1 is 1.18 bits per heavy atom. The number of rotatable bonds is 16. The fourth-order valence-electron chi connectivity index (χ4n) is 4.63. The molecule has 9 nitrogen and oxygen atoms in total. The maximum atomic E-state index is 12.5. The van der Waals surface area contributed by atoms with E-state index in [1.807, 2.05) is 4.90 Å². The molecule has 1 saturated carbocycles. The molecule has 1 aliphatic heterocycles. The van der Waals surface area contributed by atoms with Crippen LogP contribution in [-0.2, 0) is 22.4 Å². The molecule has 0 spiro atoms. The van der Waals surface area contributed by atoms with Gasteiger partial charge in [-0.15, -0.1) is 0 Å². The highest BCUT2D eigenvalue weighted by Crippen LogP contribution is 2.39. The number of hydrogen-bond donors (Lipinski definition) is 3. The molecule has 0 unspecified atom stereocenters. The van der Waals surface area contributed by atoms with E-state index >= 15 is 0 Å². The van der Waals surface area contributed by atoms with E-state index in [1.54, 1.807) is 12.4 Å². The van der Waals surface area contributed by atoms with E-state index < -0.39 is 24.8 Å². The van der Waals surface area contributed by atoms with Gasteiger partial charge in [-0.2, -0.15) is 13.2 Å². The number of carbonyl (C=O) groups is 1. The van der Waals surface area contributed by atoms with E-state index in [1.165, 1.54) is 5.56 Å².